The minimum absolute atomic E-state index is 0.0170. The second-order valence-corrected chi connectivity index (χ2v) is 6.81. The van der Waals surface area contributed by atoms with E-state index in [4.69, 9.17) is 16.3 Å². The van der Waals surface area contributed by atoms with Gasteiger partial charge in [-0.1, -0.05) is 23.7 Å². The largest absolute Gasteiger partial charge is 0.497 e. The molecule has 2 aromatic rings. The lowest BCUT2D eigenvalue weighted by molar-refractivity contribution is 0.247. The number of thiophene rings is 1. The summed E-state index contributed by atoms with van der Waals surface area (Å²) in [5.74, 6) is 1.31. The fourth-order valence-corrected chi connectivity index (χ4v) is 3.23. The standard InChI is InChI=1S/C16H17ClN2O2S/c1-21-12-6-4-11(5-7-12)14(10-2-3-10)19-16(20)18-13-8-9-22-15(13)17/h4-10,14H,2-3H2,1H3,(H2,18,19,20). The Balaban J connectivity index is 1.68. The van der Waals surface area contributed by atoms with Crippen LogP contribution in [0.25, 0.3) is 0 Å². The van der Waals surface area contributed by atoms with E-state index in [1.165, 1.54) is 11.3 Å². The van der Waals surface area contributed by atoms with Crippen molar-refractivity contribution >= 4 is 34.7 Å². The van der Waals surface area contributed by atoms with Gasteiger partial charge in [0.25, 0.3) is 0 Å². The van der Waals surface area contributed by atoms with Crippen molar-refractivity contribution in [2.45, 2.75) is 18.9 Å². The molecule has 4 nitrogen and oxygen atoms in total. The number of rotatable bonds is 5. The van der Waals surface area contributed by atoms with E-state index in [2.05, 4.69) is 10.6 Å². The number of halogens is 1. The molecule has 3 rings (SSSR count). The highest BCUT2D eigenvalue weighted by Crippen LogP contribution is 2.41. The van der Waals surface area contributed by atoms with Crippen LogP contribution in [0, 0.1) is 5.92 Å². The first-order chi connectivity index (χ1) is 10.7. The Kier molecular flexibility index (Phi) is 4.55. The number of hydrogen-bond donors (Lipinski definition) is 2. The number of carbonyl (C=O) groups is 1. The molecule has 22 heavy (non-hydrogen) atoms. The second-order valence-electron chi connectivity index (χ2n) is 5.29. The van der Waals surface area contributed by atoms with Crippen molar-refractivity contribution in [3.05, 3.63) is 45.6 Å². The Morgan fingerprint density at radius 2 is 2.05 bits per heavy atom. The molecule has 1 aromatic heterocycles. The molecule has 1 aliphatic carbocycles. The summed E-state index contributed by atoms with van der Waals surface area (Å²) in [5.41, 5.74) is 1.74. The predicted octanol–water partition coefficient (Wildman–Crippen LogP) is 4.68. The third kappa shape index (κ3) is 3.54. The van der Waals surface area contributed by atoms with E-state index < -0.39 is 0 Å². The molecule has 0 spiro atoms. The molecular weight excluding hydrogens is 320 g/mol. The van der Waals surface area contributed by atoms with Crippen LogP contribution < -0.4 is 15.4 Å². The molecule has 6 heteroatoms. The van der Waals surface area contributed by atoms with E-state index in [0.29, 0.717) is 15.9 Å². The molecule has 1 atom stereocenters. The van der Waals surface area contributed by atoms with Gasteiger partial charge < -0.3 is 15.4 Å². The quantitative estimate of drug-likeness (QED) is 0.832. The summed E-state index contributed by atoms with van der Waals surface area (Å²) in [6.45, 7) is 0. The maximum atomic E-state index is 12.2. The van der Waals surface area contributed by atoms with E-state index in [-0.39, 0.29) is 12.1 Å². The molecule has 2 amide bonds. The van der Waals surface area contributed by atoms with E-state index in [9.17, 15) is 4.79 Å². The highest BCUT2D eigenvalue weighted by molar-refractivity contribution is 7.15. The first-order valence-electron chi connectivity index (χ1n) is 7.12. The summed E-state index contributed by atoms with van der Waals surface area (Å²) in [7, 11) is 1.64. The summed E-state index contributed by atoms with van der Waals surface area (Å²) in [6.07, 6.45) is 2.27. The van der Waals surface area contributed by atoms with Crippen molar-refractivity contribution in [1.82, 2.24) is 5.32 Å². The maximum absolute atomic E-state index is 12.2. The van der Waals surface area contributed by atoms with Gasteiger partial charge in [0, 0.05) is 0 Å². The molecule has 1 aromatic carbocycles. The van der Waals surface area contributed by atoms with Crippen LogP contribution in [-0.2, 0) is 0 Å². The van der Waals surface area contributed by atoms with Gasteiger partial charge in [-0.3, -0.25) is 0 Å². The van der Waals surface area contributed by atoms with Gasteiger partial charge >= 0.3 is 6.03 Å². The van der Waals surface area contributed by atoms with Gasteiger partial charge in [-0.25, -0.2) is 4.79 Å². The van der Waals surface area contributed by atoms with Gasteiger partial charge in [0.2, 0.25) is 0 Å². The highest BCUT2D eigenvalue weighted by atomic mass is 35.5. The Hall–Kier alpha value is -1.72. The van der Waals surface area contributed by atoms with E-state index >= 15 is 0 Å². The summed E-state index contributed by atoms with van der Waals surface area (Å²) >= 11 is 7.40. The predicted molar refractivity (Wildman–Crippen MR) is 89.9 cm³/mol. The van der Waals surface area contributed by atoms with Crippen molar-refractivity contribution in [2.24, 2.45) is 5.92 Å². The van der Waals surface area contributed by atoms with Crippen LogP contribution in [0.2, 0.25) is 4.34 Å². The van der Waals surface area contributed by atoms with Gasteiger partial charge in [-0.2, -0.15) is 0 Å². The molecule has 1 aliphatic rings. The number of urea groups is 1. The Labute approximate surface area is 138 Å². The lowest BCUT2D eigenvalue weighted by Gasteiger charge is -2.19. The molecule has 1 saturated carbocycles. The van der Waals surface area contributed by atoms with Crippen LogP contribution in [0.5, 0.6) is 5.75 Å². The van der Waals surface area contributed by atoms with Gasteiger partial charge in [0.05, 0.1) is 18.8 Å². The van der Waals surface area contributed by atoms with Crippen molar-refractivity contribution in [2.75, 3.05) is 12.4 Å². The number of benzene rings is 1. The summed E-state index contributed by atoms with van der Waals surface area (Å²) < 4.78 is 5.76. The molecule has 1 fully saturated rings. The Morgan fingerprint density at radius 3 is 2.59 bits per heavy atom. The third-order valence-corrected chi connectivity index (χ3v) is 4.89. The highest BCUT2D eigenvalue weighted by Gasteiger charge is 2.33. The van der Waals surface area contributed by atoms with Crippen LogP contribution in [0.3, 0.4) is 0 Å². The topological polar surface area (TPSA) is 50.4 Å². The zero-order chi connectivity index (χ0) is 15.5. The van der Waals surface area contributed by atoms with Gasteiger partial charge in [0.1, 0.15) is 10.1 Å². The fourth-order valence-electron chi connectivity index (χ4n) is 2.40. The smallest absolute Gasteiger partial charge is 0.319 e. The van der Waals surface area contributed by atoms with Crippen molar-refractivity contribution in [3.8, 4) is 5.75 Å². The zero-order valence-electron chi connectivity index (χ0n) is 12.1. The van der Waals surface area contributed by atoms with Crippen LogP contribution in [0.1, 0.15) is 24.4 Å². The van der Waals surface area contributed by atoms with Gasteiger partial charge in [0.15, 0.2) is 0 Å². The lowest BCUT2D eigenvalue weighted by atomic mass is 10.0. The summed E-state index contributed by atoms with van der Waals surface area (Å²) in [6, 6.07) is 9.42. The third-order valence-electron chi connectivity index (χ3n) is 3.72. The van der Waals surface area contributed by atoms with E-state index in [0.717, 1.165) is 24.2 Å². The minimum Gasteiger partial charge on any atom is -0.497 e. The number of hydrogen-bond acceptors (Lipinski definition) is 3. The van der Waals surface area contributed by atoms with Crippen molar-refractivity contribution in [1.29, 1.82) is 0 Å². The Morgan fingerprint density at radius 1 is 1.32 bits per heavy atom. The van der Waals surface area contributed by atoms with Crippen molar-refractivity contribution < 1.29 is 9.53 Å². The number of amides is 2. The SMILES string of the molecule is COc1ccc(C(NC(=O)Nc2ccsc2Cl)C2CC2)cc1. The molecule has 0 bridgehead atoms. The minimum atomic E-state index is -0.229. The second kappa shape index (κ2) is 6.58. The van der Waals surface area contributed by atoms with E-state index in [1.54, 1.807) is 13.2 Å². The van der Waals surface area contributed by atoms with Crippen molar-refractivity contribution in [3.63, 3.8) is 0 Å². The monoisotopic (exact) mass is 336 g/mol. The zero-order valence-corrected chi connectivity index (χ0v) is 13.7. The van der Waals surface area contributed by atoms with Crippen LogP contribution in [0.15, 0.2) is 35.7 Å². The number of anilines is 1. The lowest BCUT2D eigenvalue weighted by Crippen LogP contribution is -2.33. The number of methoxy groups -OCH3 is 1. The Bertz CT molecular complexity index is 652. The van der Waals surface area contributed by atoms with Gasteiger partial charge in [-0.05, 0) is 47.9 Å². The molecule has 0 saturated heterocycles. The molecular formula is C16H17ClN2O2S. The van der Waals surface area contributed by atoms with Crippen LogP contribution in [-0.4, -0.2) is 13.1 Å². The van der Waals surface area contributed by atoms with Gasteiger partial charge in [-0.15, -0.1) is 11.3 Å². The molecule has 0 aliphatic heterocycles. The summed E-state index contributed by atoms with van der Waals surface area (Å²) in [4.78, 5) is 12.2. The average Bonchev–Trinajstić information content (AvgIpc) is 3.30. The normalized spacial score (nSPS) is 15.2. The number of ether oxygens (including phenoxy) is 1. The fraction of sp³-hybridized carbons (Fsp3) is 0.312. The van der Waals surface area contributed by atoms with Crippen LogP contribution in [0.4, 0.5) is 10.5 Å². The molecule has 2 N–H and O–H groups in total. The molecule has 1 heterocycles. The molecule has 1 unspecified atom stereocenters. The first kappa shape index (κ1) is 15.2. The maximum Gasteiger partial charge on any atom is 0.319 e. The average molecular weight is 337 g/mol. The first-order valence-corrected chi connectivity index (χ1v) is 8.37. The number of nitrogens with one attached hydrogen (secondary N) is 2. The molecule has 116 valence electrons. The summed E-state index contributed by atoms with van der Waals surface area (Å²) in [5, 5.41) is 7.70. The van der Waals surface area contributed by atoms with Crippen LogP contribution >= 0.6 is 22.9 Å². The van der Waals surface area contributed by atoms with E-state index in [1.807, 2.05) is 29.6 Å². The molecule has 0 radical (unpaired) electrons. The number of carbonyl (C=O) groups excluding carboxylic acids is 1.